The number of carbonyl (C=O) groups is 2. The lowest BCUT2D eigenvalue weighted by Gasteiger charge is -2.36. The van der Waals surface area contributed by atoms with Gasteiger partial charge in [-0.25, -0.2) is 0 Å². The summed E-state index contributed by atoms with van der Waals surface area (Å²) in [6, 6.07) is 9.19. The molecule has 1 fully saturated rings. The van der Waals surface area contributed by atoms with Gasteiger partial charge < -0.3 is 10.6 Å². The number of benzene rings is 1. The van der Waals surface area contributed by atoms with Gasteiger partial charge in [-0.3, -0.25) is 9.59 Å². The molecule has 0 radical (unpaired) electrons. The van der Waals surface area contributed by atoms with Crippen LogP contribution in [0.2, 0.25) is 0 Å². The third kappa shape index (κ3) is 3.73. The van der Waals surface area contributed by atoms with Gasteiger partial charge >= 0.3 is 0 Å². The van der Waals surface area contributed by atoms with Gasteiger partial charge in [0, 0.05) is 18.7 Å². The summed E-state index contributed by atoms with van der Waals surface area (Å²) in [5.74, 6) is -0.758. The zero-order chi connectivity index (χ0) is 16.1. The molecule has 2 rings (SSSR count). The molecule has 2 amide bonds. The first kappa shape index (κ1) is 15.8. The molecule has 5 nitrogen and oxygen atoms in total. The Morgan fingerprint density at radius 3 is 2.86 bits per heavy atom. The highest BCUT2D eigenvalue weighted by Gasteiger charge is 2.30. The van der Waals surface area contributed by atoms with E-state index in [1.807, 2.05) is 13.0 Å². The standard InChI is InChI=1S/C17H19N3O2/c1-12-5-7-15(17(19)22)11-20(12)16(21)8-6-13-3-2-4-14(9-13)10-18/h2-4,6,8-9,12,15H,5,7,11H2,1H3,(H2,19,22). The van der Waals surface area contributed by atoms with Crippen LogP contribution >= 0.6 is 0 Å². The predicted molar refractivity (Wildman–Crippen MR) is 83.3 cm³/mol. The van der Waals surface area contributed by atoms with E-state index in [0.29, 0.717) is 12.1 Å². The number of primary amides is 1. The molecule has 1 aromatic carbocycles. The highest BCUT2D eigenvalue weighted by Crippen LogP contribution is 2.22. The molecule has 0 aliphatic carbocycles. The normalized spacial score (nSPS) is 21.5. The van der Waals surface area contributed by atoms with Crippen molar-refractivity contribution in [3.05, 3.63) is 41.5 Å². The highest BCUT2D eigenvalue weighted by atomic mass is 16.2. The lowest BCUT2D eigenvalue weighted by atomic mass is 9.93. The summed E-state index contributed by atoms with van der Waals surface area (Å²) in [6.07, 6.45) is 4.67. The average molecular weight is 297 g/mol. The fraction of sp³-hybridized carbons (Fsp3) is 0.353. The molecule has 1 aromatic rings. The van der Waals surface area contributed by atoms with Gasteiger partial charge in [0.25, 0.3) is 0 Å². The van der Waals surface area contributed by atoms with Crippen molar-refractivity contribution >= 4 is 17.9 Å². The van der Waals surface area contributed by atoms with Gasteiger partial charge in [-0.15, -0.1) is 0 Å². The highest BCUT2D eigenvalue weighted by molar-refractivity contribution is 5.92. The Labute approximate surface area is 130 Å². The lowest BCUT2D eigenvalue weighted by Crippen LogP contribution is -2.48. The first-order chi connectivity index (χ1) is 10.5. The third-order valence-corrected chi connectivity index (χ3v) is 4.00. The average Bonchev–Trinajstić information content (AvgIpc) is 2.53. The number of likely N-dealkylation sites (tertiary alicyclic amines) is 1. The van der Waals surface area contributed by atoms with Crippen LogP contribution in [0.4, 0.5) is 0 Å². The quantitative estimate of drug-likeness (QED) is 0.861. The van der Waals surface area contributed by atoms with E-state index in [1.54, 1.807) is 29.2 Å². The van der Waals surface area contributed by atoms with Crippen LogP contribution in [0.25, 0.3) is 6.08 Å². The van der Waals surface area contributed by atoms with Gasteiger partial charge in [-0.1, -0.05) is 12.1 Å². The van der Waals surface area contributed by atoms with Crippen molar-refractivity contribution in [2.45, 2.75) is 25.8 Å². The van der Waals surface area contributed by atoms with E-state index < -0.39 is 0 Å². The van der Waals surface area contributed by atoms with Crippen LogP contribution in [0.15, 0.2) is 30.3 Å². The Kier molecular flexibility index (Phi) is 4.95. The molecule has 1 aliphatic rings. The Balaban J connectivity index is 2.08. The Morgan fingerprint density at radius 2 is 2.18 bits per heavy atom. The molecule has 2 unspecified atom stereocenters. The summed E-state index contributed by atoms with van der Waals surface area (Å²) in [5.41, 5.74) is 6.69. The third-order valence-electron chi connectivity index (χ3n) is 4.00. The maximum Gasteiger partial charge on any atom is 0.246 e. The van der Waals surface area contributed by atoms with Gasteiger partial charge in [0.1, 0.15) is 0 Å². The van der Waals surface area contributed by atoms with E-state index in [4.69, 9.17) is 11.0 Å². The van der Waals surface area contributed by atoms with E-state index in [0.717, 1.165) is 18.4 Å². The Morgan fingerprint density at radius 1 is 1.41 bits per heavy atom. The molecule has 0 spiro atoms. The maximum atomic E-state index is 12.3. The minimum atomic E-state index is -0.351. The van der Waals surface area contributed by atoms with E-state index in [9.17, 15) is 9.59 Å². The molecule has 0 bridgehead atoms. The second-order valence-corrected chi connectivity index (χ2v) is 5.59. The summed E-state index contributed by atoms with van der Waals surface area (Å²) >= 11 is 0. The molecule has 114 valence electrons. The molecule has 1 aliphatic heterocycles. The van der Waals surface area contributed by atoms with E-state index >= 15 is 0 Å². The van der Waals surface area contributed by atoms with Crippen LogP contribution in [0.3, 0.4) is 0 Å². The van der Waals surface area contributed by atoms with Crippen LogP contribution in [0.1, 0.15) is 30.9 Å². The minimum Gasteiger partial charge on any atom is -0.369 e. The molecular weight excluding hydrogens is 278 g/mol. The van der Waals surface area contributed by atoms with Crippen LogP contribution in [0.5, 0.6) is 0 Å². The molecule has 5 heteroatoms. The lowest BCUT2D eigenvalue weighted by molar-refractivity contribution is -0.133. The largest absolute Gasteiger partial charge is 0.369 e. The van der Waals surface area contributed by atoms with Crippen molar-refractivity contribution in [1.29, 1.82) is 5.26 Å². The smallest absolute Gasteiger partial charge is 0.246 e. The van der Waals surface area contributed by atoms with Crippen molar-refractivity contribution in [3.8, 4) is 6.07 Å². The van der Waals surface area contributed by atoms with E-state index in [1.165, 1.54) is 6.08 Å². The molecule has 2 atom stereocenters. The fourth-order valence-electron chi connectivity index (χ4n) is 2.62. The van der Waals surface area contributed by atoms with Crippen LogP contribution in [-0.4, -0.2) is 29.3 Å². The van der Waals surface area contributed by atoms with Gasteiger partial charge in [0.15, 0.2) is 0 Å². The molecule has 22 heavy (non-hydrogen) atoms. The molecule has 0 saturated carbocycles. The zero-order valence-electron chi connectivity index (χ0n) is 12.5. The van der Waals surface area contributed by atoms with Gasteiger partial charge in [0.05, 0.1) is 17.6 Å². The first-order valence-corrected chi connectivity index (χ1v) is 7.29. The second kappa shape index (κ2) is 6.90. The summed E-state index contributed by atoms with van der Waals surface area (Å²) in [7, 11) is 0. The number of nitrogens with two attached hydrogens (primary N) is 1. The Hall–Kier alpha value is -2.61. The topological polar surface area (TPSA) is 87.2 Å². The van der Waals surface area contributed by atoms with Crippen molar-refractivity contribution in [2.75, 3.05) is 6.54 Å². The summed E-state index contributed by atoms with van der Waals surface area (Å²) in [6.45, 7) is 2.34. The number of amides is 2. The number of carbonyl (C=O) groups excluding carboxylic acids is 2. The van der Waals surface area contributed by atoms with Crippen molar-refractivity contribution in [2.24, 2.45) is 11.7 Å². The van der Waals surface area contributed by atoms with Gasteiger partial charge in [-0.05, 0) is 43.5 Å². The Bertz CT molecular complexity index is 646. The number of hydrogen-bond acceptors (Lipinski definition) is 3. The van der Waals surface area contributed by atoms with Gasteiger partial charge in [-0.2, -0.15) is 5.26 Å². The van der Waals surface area contributed by atoms with Crippen LogP contribution < -0.4 is 5.73 Å². The van der Waals surface area contributed by atoms with Crippen LogP contribution in [-0.2, 0) is 9.59 Å². The zero-order valence-corrected chi connectivity index (χ0v) is 12.5. The van der Waals surface area contributed by atoms with Crippen molar-refractivity contribution in [3.63, 3.8) is 0 Å². The summed E-state index contributed by atoms with van der Waals surface area (Å²) in [5, 5.41) is 8.87. The number of rotatable bonds is 3. The second-order valence-electron chi connectivity index (χ2n) is 5.59. The summed E-state index contributed by atoms with van der Waals surface area (Å²) in [4.78, 5) is 25.3. The molecule has 1 heterocycles. The molecular formula is C17H19N3O2. The first-order valence-electron chi connectivity index (χ1n) is 7.29. The maximum absolute atomic E-state index is 12.3. The summed E-state index contributed by atoms with van der Waals surface area (Å²) < 4.78 is 0. The van der Waals surface area contributed by atoms with E-state index in [-0.39, 0.29) is 23.8 Å². The van der Waals surface area contributed by atoms with Crippen molar-refractivity contribution < 1.29 is 9.59 Å². The van der Waals surface area contributed by atoms with Crippen LogP contribution in [0, 0.1) is 17.2 Å². The predicted octanol–water partition coefficient (Wildman–Crippen LogP) is 1.68. The SMILES string of the molecule is CC1CCC(C(N)=O)CN1C(=O)C=Cc1cccc(C#N)c1. The molecule has 2 N–H and O–H groups in total. The molecule has 0 aromatic heterocycles. The number of nitrogens with zero attached hydrogens (tertiary/aromatic N) is 2. The van der Waals surface area contributed by atoms with Gasteiger partial charge in [0.2, 0.25) is 11.8 Å². The molecule has 1 saturated heterocycles. The minimum absolute atomic E-state index is 0.0955. The van der Waals surface area contributed by atoms with Crippen molar-refractivity contribution in [1.82, 2.24) is 4.90 Å². The monoisotopic (exact) mass is 297 g/mol. The number of piperidine rings is 1. The van der Waals surface area contributed by atoms with E-state index in [2.05, 4.69) is 6.07 Å². The fourth-order valence-corrected chi connectivity index (χ4v) is 2.62. The number of nitriles is 1. The number of hydrogen-bond donors (Lipinski definition) is 1.